The summed E-state index contributed by atoms with van der Waals surface area (Å²) >= 11 is 0. The first-order valence-corrected chi connectivity index (χ1v) is 9.83. The van der Waals surface area contributed by atoms with Gasteiger partial charge in [0.1, 0.15) is 18.1 Å². The van der Waals surface area contributed by atoms with Crippen molar-refractivity contribution in [2.45, 2.75) is 19.3 Å². The Morgan fingerprint density at radius 1 is 1.13 bits per heavy atom. The van der Waals surface area contributed by atoms with Crippen molar-refractivity contribution in [1.29, 1.82) is 0 Å². The van der Waals surface area contributed by atoms with Gasteiger partial charge >= 0.3 is 5.97 Å². The molecule has 0 aliphatic carbocycles. The molecule has 30 heavy (non-hydrogen) atoms. The number of ether oxygens (including phenoxy) is 3. The van der Waals surface area contributed by atoms with Gasteiger partial charge in [-0.2, -0.15) is 0 Å². The van der Waals surface area contributed by atoms with Crippen molar-refractivity contribution >= 4 is 11.9 Å². The molecule has 0 saturated carbocycles. The average Bonchev–Trinajstić information content (AvgIpc) is 2.77. The number of halogens is 1. The number of methoxy groups -OCH3 is 2. The summed E-state index contributed by atoms with van der Waals surface area (Å²) in [7, 11) is 2.83. The van der Waals surface area contributed by atoms with Crippen LogP contribution >= 0.6 is 0 Å². The Morgan fingerprint density at radius 2 is 1.90 bits per heavy atom. The molecule has 2 aromatic rings. The first kappa shape index (κ1) is 21.8. The topological polar surface area (TPSA) is 73.9 Å². The van der Waals surface area contributed by atoms with E-state index in [1.54, 1.807) is 13.2 Å². The van der Waals surface area contributed by atoms with Gasteiger partial charge in [-0.15, -0.1) is 0 Å². The number of esters is 1. The molecule has 1 saturated heterocycles. The third-order valence-corrected chi connectivity index (χ3v) is 5.49. The fourth-order valence-corrected chi connectivity index (χ4v) is 3.80. The van der Waals surface area contributed by atoms with Crippen LogP contribution in [0.1, 0.15) is 18.4 Å². The molecule has 1 aliphatic rings. The Balaban J connectivity index is 1.87. The zero-order valence-corrected chi connectivity index (χ0v) is 17.2. The Morgan fingerprint density at radius 3 is 2.60 bits per heavy atom. The number of benzene rings is 2. The second kappa shape index (κ2) is 9.71. The van der Waals surface area contributed by atoms with E-state index in [0.29, 0.717) is 43.8 Å². The molecule has 1 fully saturated rings. The van der Waals surface area contributed by atoms with E-state index in [1.165, 1.54) is 19.2 Å². The number of hydrogen-bond donors (Lipinski definition) is 1. The molecule has 1 heterocycles. The second-order valence-electron chi connectivity index (χ2n) is 7.37. The van der Waals surface area contributed by atoms with E-state index in [-0.39, 0.29) is 18.3 Å². The summed E-state index contributed by atoms with van der Waals surface area (Å²) in [5.74, 6) is -0.458. The maximum Gasteiger partial charge on any atom is 0.325 e. The summed E-state index contributed by atoms with van der Waals surface area (Å²) in [5, 5.41) is 2.70. The van der Waals surface area contributed by atoms with Gasteiger partial charge in [0.25, 0.3) is 0 Å². The highest BCUT2D eigenvalue weighted by atomic mass is 19.1. The highest BCUT2D eigenvalue weighted by Gasteiger charge is 2.40. The Bertz CT molecular complexity index is 908. The number of carbonyl (C=O) groups is 2. The van der Waals surface area contributed by atoms with Crippen LogP contribution in [0, 0.1) is 11.2 Å². The summed E-state index contributed by atoms with van der Waals surface area (Å²) in [6.07, 6.45) is 1.58. The molecule has 0 bridgehead atoms. The molecule has 160 valence electrons. The number of nitrogens with one attached hydrogen (secondary N) is 1. The first-order chi connectivity index (χ1) is 14.5. The monoisotopic (exact) mass is 415 g/mol. The number of hydrogen-bond acceptors (Lipinski definition) is 5. The van der Waals surface area contributed by atoms with Crippen LogP contribution in [0.5, 0.6) is 5.75 Å². The molecule has 1 amide bonds. The standard InChI is InChI=1S/C23H26FNO5/c1-28-20-7-6-18(24)13-19(20)17-5-3-4-16(12-17)14-23(8-10-30-11-9-23)22(27)25-15-21(26)29-2/h3-7,12-13H,8-11,14-15H2,1-2H3,(H,25,27). The van der Waals surface area contributed by atoms with Crippen LogP contribution in [-0.2, 0) is 25.5 Å². The molecule has 0 atom stereocenters. The molecule has 0 spiro atoms. The summed E-state index contributed by atoms with van der Waals surface area (Å²) in [4.78, 5) is 24.4. The van der Waals surface area contributed by atoms with E-state index in [2.05, 4.69) is 10.1 Å². The highest BCUT2D eigenvalue weighted by Crippen LogP contribution is 2.37. The molecule has 1 N–H and O–H groups in total. The predicted molar refractivity (Wildman–Crippen MR) is 110 cm³/mol. The summed E-state index contributed by atoms with van der Waals surface area (Å²) in [6.45, 7) is 0.782. The Hall–Kier alpha value is -2.93. The summed E-state index contributed by atoms with van der Waals surface area (Å²) in [5.41, 5.74) is 1.71. The molecule has 7 heteroatoms. The van der Waals surface area contributed by atoms with Crippen LogP contribution in [0.3, 0.4) is 0 Å². The van der Waals surface area contributed by atoms with Gasteiger partial charge in [-0.05, 0) is 48.6 Å². The fraction of sp³-hybridized carbons (Fsp3) is 0.391. The maximum absolute atomic E-state index is 13.8. The Labute approximate surface area is 175 Å². The molecular weight excluding hydrogens is 389 g/mol. The number of rotatable bonds is 7. The van der Waals surface area contributed by atoms with Crippen LogP contribution in [0.15, 0.2) is 42.5 Å². The second-order valence-corrected chi connectivity index (χ2v) is 7.37. The van der Waals surface area contributed by atoms with Crippen molar-refractivity contribution in [3.8, 4) is 16.9 Å². The zero-order valence-electron chi connectivity index (χ0n) is 17.2. The highest BCUT2D eigenvalue weighted by molar-refractivity contribution is 5.86. The lowest BCUT2D eigenvalue weighted by atomic mass is 9.74. The largest absolute Gasteiger partial charge is 0.496 e. The van der Waals surface area contributed by atoms with Crippen molar-refractivity contribution in [3.05, 3.63) is 53.8 Å². The van der Waals surface area contributed by atoms with Crippen molar-refractivity contribution in [2.75, 3.05) is 34.0 Å². The minimum atomic E-state index is -0.684. The summed E-state index contributed by atoms with van der Waals surface area (Å²) < 4.78 is 29.3. The van der Waals surface area contributed by atoms with Gasteiger partial charge in [-0.3, -0.25) is 9.59 Å². The average molecular weight is 415 g/mol. The third-order valence-electron chi connectivity index (χ3n) is 5.49. The van der Waals surface area contributed by atoms with Gasteiger partial charge in [0.2, 0.25) is 5.91 Å². The van der Waals surface area contributed by atoms with Gasteiger partial charge in [0.15, 0.2) is 0 Å². The van der Waals surface area contributed by atoms with Crippen molar-refractivity contribution in [3.63, 3.8) is 0 Å². The number of amides is 1. The fourth-order valence-electron chi connectivity index (χ4n) is 3.80. The SMILES string of the molecule is COC(=O)CNC(=O)C1(Cc2cccc(-c3cc(F)ccc3OC)c2)CCOCC1. The van der Waals surface area contributed by atoms with E-state index < -0.39 is 11.4 Å². The van der Waals surface area contributed by atoms with Gasteiger partial charge in [0, 0.05) is 18.8 Å². The zero-order chi connectivity index (χ0) is 21.6. The molecule has 2 aromatic carbocycles. The van der Waals surface area contributed by atoms with Gasteiger partial charge in [-0.25, -0.2) is 4.39 Å². The number of carbonyl (C=O) groups excluding carboxylic acids is 2. The summed E-state index contributed by atoms with van der Waals surface area (Å²) in [6, 6.07) is 12.0. The van der Waals surface area contributed by atoms with E-state index >= 15 is 0 Å². The lowest BCUT2D eigenvalue weighted by Gasteiger charge is -2.36. The van der Waals surface area contributed by atoms with Gasteiger partial charge in [0.05, 0.1) is 19.6 Å². The van der Waals surface area contributed by atoms with Crippen LogP contribution in [-0.4, -0.2) is 45.9 Å². The van der Waals surface area contributed by atoms with Crippen LogP contribution in [0.4, 0.5) is 4.39 Å². The van der Waals surface area contributed by atoms with E-state index in [9.17, 15) is 14.0 Å². The quantitative estimate of drug-likeness (QED) is 0.704. The third kappa shape index (κ3) is 4.97. The lowest BCUT2D eigenvalue weighted by molar-refractivity contribution is -0.144. The van der Waals surface area contributed by atoms with Gasteiger partial charge < -0.3 is 19.5 Å². The molecular formula is C23H26FNO5. The molecule has 0 unspecified atom stereocenters. The van der Waals surface area contributed by atoms with Crippen molar-refractivity contribution < 1.29 is 28.2 Å². The normalized spacial score (nSPS) is 15.3. The lowest BCUT2D eigenvalue weighted by Crippen LogP contribution is -2.47. The minimum absolute atomic E-state index is 0.168. The van der Waals surface area contributed by atoms with Crippen LogP contribution in [0.2, 0.25) is 0 Å². The van der Waals surface area contributed by atoms with E-state index in [0.717, 1.165) is 11.1 Å². The smallest absolute Gasteiger partial charge is 0.325 e. The van der Waals surface area contributed by atoms with Crippen LogP contribution < -0.4 is 10.1 Å². The first-order valence-electron chi connectivity index (χ1n) is 9.83. The minimum Gasteiger partial charge on any atom is -0.496 e. The molecule has 6 nitrogen and oxygen atoms in total. The molecule has 3 rings (SSSR count). The van der Waals surface area contributed by atoms with Crippen molar-refractivity contribution in [1.82, 2.24) is 5.32 Å². The molecule has 1 aliphatic heterocycles. The maximum atomic E-state index is 13.8. The van der Waals surface area contributed by atoms with Gasteiger partial charge in [-0.1, -0.05) is 24.3 Å². The molecule has 0 radical (unpaired) electrons. The molecule has 0 aromatic heterocycles. The van der Waals surface area contributed by atoms with E-state index in [4.69, 9.17) is 9.47 Å². The van der Waals surface area contributed by atoms with Crippen LogP contribution in [0.25, 0.3) is 11.1 Å². The predicted octanol–water partition coefficient (Wildman–Crippen LogP) is 3.13. The van der Waals surface area contributed by atoms with Crippen molar-refractivity contribution in [2.24, 2.45) is 5.41 Å². The Kier molecular flexibility index (Phi) is 7.05. The van der Waals surface area contributed by atoms with E-state index in [1.807, 2.05) is 24.3 Å².